The van der Waals surface area contributed by atoms with Gasteiger partial charge in [-0.1, -0.05) is 13.0 Å². The van der Waals surface area contributed by atoms with E-state index in [2.05, 4.69) is 18.8 Å². The monoisotopic (exact) mass is 256 g/mol. The van der Waals surface area contributed by atoms with Gasteiger partial charge in [-0.15, -0.1) is 0 Å². The standard InChI is InChI=1S/C16H20N2O/c1-11-6-8-18(12(2)9-11)16(19)14-4-3-13-5-7-17-15(13)10-14/h3-5,7,10-12,17H,6,8-9H2,1-2H3. The number of amides is 1. The zero-order chi connectivity index (χ0) is 13.4. The molecule has 3 nitrogen and oxygen atoms in total. The van der Waals surface area contributed by atoms with Gasteiger partial charge in [0.1, 0.15) is 0 Å². The minimum absolute atomic E-state index is 0.163. The molecule has 2 atom stereocenters. The summed E-state index contributed by atoms with van der Waals surface area (Å²) in [5.41, 5.74) is 1.82. The van der Waals surface area contributed by atoms with Gasteiger partial charge in [0.05, 0.1) is 0 Å². The smallest absolute Gasteiger partial charge is 0.254 e. The molecule has 1 amide bonds. The summed E-state index contributed by atoms with van der Waals surface area (Å²) in [6.45, 7) is 5.30. The highest BCUT2D eigenvalue weighted by Gasteiger charge is 2.27. The summed E-state index contributed by atoms with van der Waals surface area (Å²) in [5.74, 6) is 0.890. The highest BCUT2D eigenvalue weighted by Crippen LogP contribution is 2.24. The van der Waals surface area contributed by atoms with Gasteiger partial charge in [-0.25, -0.2) is 0 Å². The Morgan fingerprint density at radius 1 is 1.32 bits per heavy atom. The van der Waals surface area contributed by atoms with E-state index in [1.54, 1.807) is 0 Å². The van der Waals surface area contributed by atoms with Gasteiger partial charge in [0.25, 0.3) is 5.91 Å². The van der Waals surface area contributed by atoms with Crippen LogP contribution in [0, 0.1) is 5.92 Å². The topological polar surface area (TPSA) is 36.1 Å². The fraction of sp³-hybridized carbons (Fsp3) is 0.438. The number of piperidine rings is 1. The zero-order valence-electron chi connectivity index (χ0n) is 11.5. The van der Waals surface area contributed by atoms with Crippen LogP contribution in [0.4, 0.5) is 0 Å². The number of hydrogen-bond acceptors (Lipinski definition) is 1. The van der Waals surface area contributed by atoms with Crippen molar-refractivity contribution in [1.29, 1.82) is 0 Å². The molecule has 3 heteroatoms. The Bertz CT molecular complexity index is 602. The first kappa shape index (κ1) is 12.3. The van der Waals surface area contributed by atoms with Crippen LogP contribution in [-0.2, 0) is 0 Å². The van der Waals surface area contributed by atoms with Crippen molar-refractivity contribution in [3.8, 4) is 0 Å². The van der Waals surface area contributed by atoms with Crippen molar-refractivity contribution in [2.45, 2.75) is 32.7 Å². The van der Waals surface area contributed by atoms with Gasteiger partial charge < -0.3 is 9.88 Å². The van der Waals surface area contributed by atoms with E-state index < -0.39 is 0 Å². The van der Waals surface area contributed by atoms with E-state index >= 15 is 0 Å². The van der Waals surface area contributed by atoms with E-state index in [9.17, 15) is 4.79 Å². The van der Waals surface area contributed by atoms with Crippen molar-refractivity contribution in [2.75, 3.05) is 6.54 Å². The van der Waals surface area contributed by atoms with Crippen molar-refractivity contribution in [3.63, 3.8) is 0 Å². The second kappa shape index (κ2) is 4.72. The van der Waals surface area contributed by atoms with Gasteiger partial charge in [0, 0.05) is 29.9 Å². The van der Waals surface area contributed by atoms with Crippen LogP contribution < -0.4 is 0 Å². The Morgan fingerprint density at radius 2 is 2.16 bits per heavy atom. The van der Waals surface area contributed by atoms with Crippen molar-refractivity contribution in [1.82, 2.24) is 9.88 Å². The molecule has 1 saturated heterocycles. The fourth-order valence-corrected chi connectivity index (χ4v) is 3.06. The summed E-state index contributed by atoms with van der Waals surface area (Å²) in [7, 11) is 0. The Balaban J connectivity index is 1.86. The first-order valence-corrected chi connectivity index (χ1v) is 7.03. The number of rotatable bonds is 1. The van der Waals surface area contributed by atoms with Crippen molar-refractivity contribution in [3.05, 3.63) is 36.0 Å². The molecule has 1 fully saturated rings. The van der Waals surface area contributed by atoms with Crippen LogP contribution in [0.2, 0.25) is 0 Å². The van der Waals surface area contributed by atoms with Gasteiger partial charge in [0.2, 0.25) is 0 Å². The summed E-state index contributed by atoms with van der Waals surface area (Å²) >= 11 is 0. The van der Waals surface area contributed by atoms with Gasteiger partial charge >= 0.3 is 0 Å². The van der Waals surface area contributed by atoms with E-state index in [4.69, 9.17) is 0 Å². The quantitative estimate of drug-likeness (QED) is 0.833. The third-order valence-corrected chi connectivity index (χ3v) is 4.20. The molecule has 0 bridgehead atoms. The van der Waals surface area contributed by atoms with Crippen LogP contribution in [0.5, 0.6) is 0 Å². The lowest BCUT2D eigenvalue weighted by Gasteiger charge is -2.36. The molecule has 1 aliphatic rings. The molecule has 0 radical (unpaired) electrons. The van der Waals surface area contributed by atoms with Crippen molar-refractivity contribution in [2.24, 2.45) is 5.92 Å². The first-order valence-electron chi connectivity index (χ1n) is 7.03. The minimum Gasteiger partial charge on any atom is -0.361 e. The molecular formula is C16H20N2O. The van der Waals surface area contributed by atoms with Crippen molar-refractivity contribution >= 4 is 16.8 Å². The maximum Gasteiger partial charge on any atom is 0.254 e. The molecule has 0 aliphatic carbocycles. The number of nitrogens with zero attached hydrogens (tertiary/aromatic N) is 1. The summed E-state index contributed by atoms with van der Waals surface area (Å²) in [5, 5.41) is 1.15. The summed E-state index contributed by atoms with van der Waals surface area (Å²) < 4.78 is 0. The molecule has 19 heavy (non-hydrogen) atoms. The van der Waals surface area contributed by atoms with E-state index in [-0.39, 0.29) is 5.91 Å². The number of likely N-dealkylation sites (tertiary alicyclic amines) is 1. The molecule has 1 aliphatic heterocycles. The molecule has 0 spiro atoms. The highest BCUT2D eigenvalue weighted by atomic mass is 16.2. The van der Waals surface area contributed by atoms with Gasteiger partial charge in [-0.2, -0.15) is 0 Å². The third kappa shape index (κ3) is 2.25. The average molecular weight is 256 g/mol. The van der Waals surface area contributed by atoms with Gasteiger partial charge in [-0.3, -0.25) is 4.79 Å². The maximum absolute atomic E-state index is 12.6. The fourth-order valence-electron chi connectivity index (χ4n) is 3.06. The largest absolute Gasteiger partial charge is 0.361 e. The number of nitrogens with one attached hydrogen (secondary N) is 1. The normalized spacial score (nSPS) is 23.8. The first-order chi connectivity index (χ1) is 9.15. The summed E-state index contributed by atoms with van der Waals surface area (Å²) in [6.07, 6.45) is 4.13. The zero-order valence-corrected chi connectivity index (χ0v) is 11.5. The lowest BCUT2D eigenvalue weighted by molar-refractivity contribution is 0.0589. The predicted octanol–water partition coefficient (Wildman–Crippen LogP) is 3.43. The number of H-pyrrole nitrogens is 1. The summed E-state index contributed by atoms with van der Waals surface area (Å²) in [6, 6.07) is 8.27. The van der Waals surface area contributed by atoms with Gasteiger partial charge in [-0.05, 0) is 49.3 Å². The Hall–Kier alpha value is -1.77. The molecular weight excluding hydrogens is 236 g/mol. The number of carbonyl (C=O) groups excluding carboxylic acids is 1. The molecule has 1 N–H and O–H groups in total. The van der Waals surface area contributed by atoms with Crippen LogP contribution in [0.25, 0.3) is 10.9 Å². The second-order valence-corrected chi connectivity index (χ2v) is 5.76. The molecule has 0 saturated carbocycles. The SMILES string of the molecule is CC1CCN(C(=O)c2ccc3cc[nH]c3c2)C(C)C1. The van der Waals surface area contributed by atoms with Crippen LogP contribution in [0.3, 0.4) is 0 Å². The molecule has 1 aromatic carbocycles. The van der Waals surface area contributed by atoms with Crippen LogP contribution in [-0.4, -0.2) is 28.4 Å². The number of aromatic amines is 1. The molecule has 2 aromatic rings. The number of fused-ring (bicyclic) bond motifs is 1. The Kier molecular flexibility index (Phi) is 3.05. The molecule has 1 aromatic heterocycles. The molecule has 2 heterocycles. The lowest BCUT2D eigenvalue weighted by atomic mass is 9.93. The van der Waals surface area contributed by atoms with E-state index in [1.165, 1.54) is 0 Å². The number of benzene rings is 1. The van der Waals surface area contributed by atoms with Gasteiger partial charge in [0.15, 0.2) is 0 Å². The summed E-state index contributed by atoms with van der Waals surface area (Å²) in [4.78, 5) is 17.8. The minimum atomic E-state index is 0.163. The number of hydrogen-bond donors (Lipinski definition) is 1. The Morgan fingerprint density at radius 3 is 2.95 bits per heavy atom. The maximum atomic E-state index is 12.6. The predicted molar refractivity (Wildman–Crippen MR) is 77.2 cm³/mol. The van der Waals surface area contributed by atoms with E-state index in [1.807, 2.05) is 35.4 Å². The average Bonchev–Trinajstić information content (AvgIpc) is 2.85. The third-order valence-electron chi connectivity index (χ3n) is 4.20. The van der Waals surface area contributed by atoms with Crippen LogP contribution >= 0.6 is 0 Å². The molecule has 100 valence electrons. The highest BCUT2D eigenvalue weighted by molar-refractivity contribution is 5.98. The van der Waals surface area contributed by atoms with Crippen LogP contribution in [0.1, 0.15) is 37.0 Å². The van der Waals surface area contributed by atoms with Crippen LogP contribution in [0.15, 0.2) is 30.5 Å². The second-order valence-electron chi connectivity index (χ2n) is 5.76. The van der Waals surface area contributed by atoms with E-state index in [0.29, 0.717) is 6.04 Å². The number of aromatic nitrogens is 1. The molecule has 3 rings (SSSR count). The molecule has 2 unspecified atom stereocenters. The van der Waals surface area contributed by atoms with E-state index in [0.717, 1.165) is 41.8 Å². The van der Waals surface area contributed by atoms with Crippen molar-refractivity contribution < 1.29 is 4.79 Å². The number of carbonyl (C=O) groups is 1. The lowest BCUT2D eigenvalue weighted by Crippen LogP contribution is -2.44. The Labute approximate surface area is 113 Å².